The minimum Gasteiger partial charge on any atom is -0.497 e. The Labute approximate surface area is 117 Å². The van der Waals surface area contributed by atoms with Crippen molar-refractivity contribution in [1.82, 2.24) is 0 Å². The zero-order valence-electron chi connectivity index (χ0n) is 12.3. The fourth-order valence-electron chi connectivity index (χ4n) is 2.03. The Kier molecular flexibility index (Phi) is 7.87. The SMILES string of the molecule is CCCCCCCCCOc1ccc(OC)cc1N. The summed E-state index contributed by atoms with van der Waals surface area (Å²) in [4.78, 5) is 0. The van der Waals surface area contributed by atoms with Gasteiger partial charge in [0.2, 0.25) is 0 Å². The van der Waals surface area contributed by atoms with E-state index in [-0.39, 0.29) is 0 Å². The minimum absolute atomic E-state index is 0.641. The molecule has 3 nitrogen and oxygen atoms in total. The maximum atomic E-state index is 5.89. The predicted octanol–water partition coefficient (Wildman–Crippen LogP) is 4.41. The lowest BCUT2D eigenvalue weighted by atomic mass is 10.1. The monoisotopic (exact) mass is 265 g/mol. The van der Waals surface area contributed by atoms with Gasteiger partial charge in [0, 0.05) is 6.07 Å². The molecule has 2 N–H and O–H groups in total. The van der Waals surface area contributed by atoms with Crippen LogP contribution in [0.5, 0.6) is 11.5 Å². The molecule has 0 bridgehead atoms. The molecule has 0 aliphatic carbocycles. The lowest BCUT2D eigenvalue weighted by molar-refractivity contribution is 0.305. The maximum Gasteiger partial charge on any atom is 0.142 e. The number of hydrogen-bond acceptors (Lipinski definition) is 3. The summed E-state index contributed by atoms with van der Waals surface area (Å²) in [5.74, 6) is 1.52. The fraction of sp³-hybridized carbons (Fsp3) is 0.625. The van der Waals surface area contributed by atoms with Crippen molar-refractivity contribution in [3.05, 3.63) is 18.2 Å². The second-order valence-electron chi connectivity index (χ2n) is 4.87. The first kappa shape index (κ1) is 15.7. The van der Waals surface area contributed by atoms with Gasteiger partial charge in [-0.3, -0.25) is 0 Å². The van der Waals surface area contributed by atoms with Gasteiger partial charge in [-0.05, 0) is 18.6 Å². The van der Waals surface area contributed by atoms with Crippen LogP contribution >= 0.6 is 0 Å². The highest BCUT2D eigenvalue weighted by atomic mass is 16.5. The van der Waals surface area contributed by atoms with Crippen LogP contribution in [-0.4, -0.2) is 13.7 Å². The Balaban J connectivity index is 2.12. The Morgan fingerprint density at radius 2 is 1.68 bits per heavy atom. The quantitative estimate of drug-likeness (QED) is 0.503. The smallest absolute Gasteiger partial charge is 0.142 e. The zero-order chi connectivity index (χ0) is 13.9. The van der Waals surface area contributed by atoms with Crippen molar-refractivity contribution >= 4 is 5.69 Å². The van der Waals surface area contributed by atoms with E-state index in [4.69, 9.17) is 15.2 Å². The number of benzene rings is 1. The summed E-state index contributed by atoms with van der Waals surface area (Å²) in [6.45, 7) is 2.98. The fourth-order valence-corrected chi connectivity index (χ4v) is 2.03. The number of unbranched alkanes of at least 4 members (excludes halogenated alkanes) is 6. The molecule has 0 saturated heterocycles. The van der Waals surface area contributed by atoms with Crippen molar-refractivity contribution < 1.29 is 9.47 Å². The van der Waals surface area contributed by atoms with Gasteiger partial charge in [0.1, 0.15) is 11.5 Å². The van der Waals surface area contributed by atoms with Gasteiger partial charge in [-0.25, -0.2) is 0 Å². The van der Waals surface area contributed by atoms with E-state index >= 15 is 0 Å². The summed E-state index contributed by atoms with van der Waals surface area (Å²) in [5.41, 5.74) is 6.53. The topological polar surface area (TPSA) is 44.5 Å². The van der Waals surface area contributed by atoms with Crippen molar-refractivity contribution in [3.8, 4) is 11.5 Å². The Morgan fingerprint density at radius 3 is 2.32 bits per heavy atom. The van der Waals surface area contributed by atoms with Crippen LogP contribution in [0.15, 0.2) is 18.2 Å². The highest BCUT2D eigenvalue weighted by molar-refractivity contribution is 5.56. The molecule has 19 heavy (non-hydrogen) atoms. The van der Waals surface area contributed by atoms with Gasteiger partial charge in [0.25, 0.3) is 0 Å². The summed E-state index contributed by atoms with van der Waals surface area (Å²) in [6.07, 6.45) is 9.01. The van der Waals surface area contributed by atoms with E-state index in [0.717, 1.165) is 24.5 Å². The molecule has 0 saturated carbocycles. The van der Waals surface area contributed by atoms with Crippen LogP contribution in [0.1, 0.15) is 51.9 Å². The molecule has 0 spiro atoms. The molecule has 1 rings (SSSR count). The lowest BCUT2D eigenvalue weighted by Gasteiger charge is -2.10. The minimum atomic E-state index is 0.641. The Bertz CT molecular complexity index is 353. The Hall–Kier alpha value is -1.38. The van der Waals surface area contributed by atoms with Crippen molar-refractivity contribution in [2.75, 3.05) is 19.5 Å². The standard InChI is InChI=1S/C16H27NO2/c1-3-4-5-6-7-8-9-12-19-16-11-10-14(18-2)13-15(16)17/h10-11,13H,3-9,12,17H2,1-2H3. The predicted molar refractivity (Wildman–Crippen MR) is 80.9 cm³/mol. The third-order valence-corrected chi connectivity index (χ3v) is 3.22. The molecule has 0 amide bonds. The number of anilines is 1. The second kappa shape index (κ2) is 9.54. The third-order valence-electron chi connectivity index (χ3n) is 3.22. The first-order valence-corrected chi connectivity index (χ1v) is 7.34. The van der Waals surface area contributed by atoms with Crippen molar-refractivity contribution in [3.63, 3.8) is 0 Å². The van der Waals surface area contributed by atoms with Crippen LogP contribution in [-0.2, 0) is 0 Å². The van der Waals surface area contributed by atoms with Crippen LogP contribution in [0, 0.1) is 0 Å². The number of ether oxygens (including phenoxy) is 2. The maximum absolute atomic E-state index is 5.89. The van der Waals surface area contributed by atoms with E-state index in [1.807, 2.05) is 12.1 Å². The summed E-state index contributed by atoms with van der Waals surface area (Å²) >= 11 is 0. The molecule has 0 aromatic heterocycles. The number of nitrogen functional groups attached to an aromatic ring is 1. The summed E-state index contributed by atoms with van der Waals surface area (Å²) < 4.78 is 10.8. The number of rotatable bonds is 10. The van der Waals surface area contributed by atoms with E-state index in [0.29, 0.717) is 5.69 Å². The van der Waals surface area contributed by atoms with Crippen LogP contribution in [0.3, 0.4) is 0 Å². The van der Waals surface area contributed by atoms with Crippen molar-refractivity contribution in [1.29, 1.82) is 0 Å². The van der Waals surface area contributed by atoms with Crippen LogP contribution in [0.4, 0.5) is 5.69 Å². The van der Waals surface area contributed by atoms with Gasteiger partial charge < -0.3 is 15.2 Å². The molecule has 0 aliphatic heterocycles. The van der Waals surface area contributed by atoms with E-state index in [2.05, 4.69) is 6.92 Å². The molecule has 1 aromatic carbocycles. The first-order chi connectivity index (χ1) is 9.27. The molecule has 1 aromatic rings. The van der Waals surface area contributed by atoms with Gasteiger partial charge in [-0.1, -0.05) is 45.4 Å². The van der Waals surface area contributed by atoms with Crippen LogP contribution < -0.4 is 15.2 Å². The average Bonchev–Trinajstić information content (AvgIpc) is 2.43. The van der Waals surface area contributed by atoms with Crippen LogP contribution in [0.25, 0.3) is 0 Å². The number of hydrogen-bond donors (Lipinski definition) is 1. The summed E-state index contributed by atoms with van der Waals surface area (Å²) in [6, 6.07) is 5.53. The third kappa shape index (κ3) is 6.37. The first-order valence-electron chi connectivity index (χ1n) is 7.34. The number of nitrogens with two attached hydrogens (primary N) is 1. The van der Waals surface area contributed by atoms with E-state index in [1.165, 1.54) is 38.5 Å². The zero-order valence-corrected chi connectivity index (χ0v) is 12.3. The highest BCUT2D eigenvalue weighted by Gasteiger charge is 2.02. The molecule has 0 radical (unpaired) electrons. The van der Waals surface area contributed by atoms with Gasteiger partial charge >= 0.3 is 0 Å². The molecule has 0 aliphatic rings. The van der Waals surface area contributed by atoms with Crippen molar-refractivity contribution in [2.24, 2.45) is 0 Å². The molecule has 0 heterocycles. The largest absolute Gasteiger partial charge is 0.497 e. The van der Waals surface area contributed by atoms with E-state index in [1.54, 1.807) is 13.2 Å². The molecule has 3 heteroatoms. The molecular weight excluding hydrogens is 238 g/mol. The normalized spacial score (nSPS) is 10.4. The second-order valence-corrected chi connectivity index (χ2v) is 4.87. The van der Waals surface area contributed by atoms with Crippen LogP contribution in [0.2, 0.25) is 0 Å². The lowest BCUT2D eigenvalue weighted by Crippen LogP contribution is -2.00. The molecule has 0 unspecified atom stereocenters. The molecule has 0 fully saturated rings. The Morgan fingerprint density at radius 1 is 1.00 bits per heavy atom. The van der Waals surface area contributed by atoms with Gasteiger partial charge in [-0.15, -0.1) is 0 Å². The number of methoxy groups -OCH3 is 1. The highest BCUT2D eigenvalue weighted by Crippen LogP contribution is 2.26. The van der Waals surface area contributed by atoms with E-state index < -0.39 is 0 Å². The molecule has 108 valence electrons. The summed E-state index contributed by atoms with van der Waals surface area (Å²) in [5, 5.41) is 0. The van der Waals surface area contributed by atoms with Gasteiger partial charge in [0.15, 0.2) is 0 Å². The average molecular weight is 265 g/mol. The molecule has 0 atom stereocenters. The van der Waals surface area contributed by atoms with E-state index in [9.17, 15) is 0 Å². The van der Waals surface area contributed by atoms with Gasteiger partial charge in [0.05, 0.1) is 19.4 Å². The van der Waals surface area contributed by atoms with Crippen molar-refractivity contribution in [2.45, 2.75) is 51.9 Å². The van der Waals surface area contributed by atoms with Gasteiger partial charge in [-0.2, -0.15) is 0 Å². The molecular formula is C16H27NO2. The summed E-state index contributed by atoms with van der Waals surface area (Å²) in [7, 11) is 1.63.